The zero-order valence-corrected chi connectivity index (χ0v) is 12.0. The molecular weight excluding hydrogens is 242 g/mol. The molecule has 0 aromatic heterocycles. The van der Waals surface area contributed by atoms with Crippen LogP contribution in [0.15, 0.2) is 33.6 Å². The molecule has 0 N–H and O–H groups in total. The van der Waals surface area contributed by atoms with Crippen molar-refractivity contribution in [2.45, 2.75) is 44.4 Å². The molecule has 2 nitrogen and oxygen atoms in total. The van der Waals surface area contributed by atoms with E-state index >= 15 is 0 Å². The summed E-state index contributed by atoms with van der Waals surface area (Å²) in [5, 5.41) is 0. The highest BCUT2D eigenvalue weighted by atomic mass is 32.2. The lowest BCUT2D eigenvalue weighted by molar-refractivity contribution is 0.347. The van der Waals surface area contributed by atoms with Gasteiger partial charge in [0.25, 0.3) is 0 Å². The Morgan fingerprint density at radius 1 is 1.17 bits per heavy atom. The van der Waals surface area contributed by atoms with Crippen molar-refractivity contribution in [3.8, 4) is 0 Å². The van der Waals surface area contributed by atoms with Gasteiger partial charge in [0.05, 0.1) is 6.21 Å². The molecule has 0 heterocycles. The molecule has 98 valence electrons. The van der Waals surface area contributed by atoms with Crippen molar-refractivity contribution in [2.24, 2.45) is 16.2 Å². The summed E-state index contributed by atoms with van der Waals surface area (Å²) in [6, 6.07) is 7.74. The number of aryl methyl sites for hydroxylation is 1. The summed E-state index contributed by atoms with van der Waals surface area (Å²) in [5.41, 5.74) is 1.18. The average molecular weight is 263 g/mol. The van der Waals surface area contributed by atoms with E-state index in [9.17, 15) is 4.55 Å². The van der Waals surface area contributed by atoms with Gasteiger partial charge in [-0.3, -0.25) is 0 Å². The molecule has 1 unspecified atom stereocenters. The molecule has 1 fully saturated rings. The Hall–Kier alpha value is -0.800. The molecule has 1 aromatic rings. The number of rotatable bonds is 3. The minimum Gasteiger partial charge on any atom is -0.586 e. The number of benzene rings is 1. The van der Waals surface area contributed by atoms with E-state index in [1.54, 1.807) is 0 Å². The van der Waals surface area contributed by atoms with Gasteiger partial charge in [-0.15, -0.1) is 0 Å². The predicted molar refractivity (Wildman–Crippen MR) is 77.2 cm³/mol. The van der Waals surface area contributed by atoms with Crippen molar-refractivity contribution >= 4 is 17.6 Å². The zero-order chi connectivity index (χ0) is 13.0. The monoisotopic (exact) mass is 263 g/mol. The van der Waals surface area contributed by atoms with E-state index in [-0.39, 0.29) is 0 Å². The molecule has 0 saturated heterocycles. The average Bonchev–Trinajstić information content (AvgIpc) is 2.38. The van der Waals surface area contributed by atoms with Gasteiger partial charge in [0.1, 0.15) is 11.4 Å². The molecule has 3 heteroatoms. The summed E-state index contributed by atoms with van der Waals surface area (Å²) < 4.78 is 16.2. The highest BCUT2D eigenvalue weighted by Gasteiger charge is 2.18. The van der Waals surface area contributed by atoms with Crippen LogP contribution in [0.5, 0.6) is 0 Å². The molecule has 0 amide bonds. The van der Waals surface area contributed by atoms with E-state index in [2.05, 4.69) is 11.3 Å². The van der Waals surface area contributed by atoms with Crippen LogP contribution in [0.3, 0.4) is 0 Å². The number of nitrogens with zero attached hydrogens (tertiary/aromatic N) is 1. The Morgan fingerprint density at radius 2 is 1.78 bits per heavy atom. The first kappa shape index (κ1) is 13.6. The molecule has 1 aliphatic carbocycles. The first-order valence-electron chi connectivity index (χ1n) is 6.68. The van der Waals surface area contributed by atoms with Gasteiger partial charge in [0, 0.05) is 0 Å². The van der Waals surface area contributed by atoms with Crippen LogP contribution < -0.4 is 0 Å². The second-order valence-corrected chi connectivity index (χ2v) is 6.52. The highest BCUT2D eigenvalue weighted by Crippen LogP contribution is 2.27. The summed E-state index contributed by atoms with van der Waals surface area (Å²) in [6.45, 7) is 4.33. The Balaban J connectivity index is 1.90. The molecule has 0 bridgehead atoms. The first-order chi connectivity index (χ1) is 8.65. The molecular formula is C15H21NOS. The molecule has 2 rings (SSSR count). The van der Waals surface area contributed by atoms with Crippen LogP contribution in [0, 0.1) is 18.8 Å². The van der Waals surface area contributed by atoms with Gasteiger partial charge in [0.2, 0.25) is 0 Å². The third kappa shape index (κ3) is 3.85. The van der Waals surface area contributed by atoms with Gasteiger partial charge < -0.3 is 4.55 Å². The summed E-state index contributed by atoms with van der Waals surface area (Å²) in [6.07, 6.45) is 6.84. The third-order valence-electron chi connectivity index (χ3n) is 3.65. The SMILES string of the molecule is Cc1ccc([S+]([O-])N=C[C@H]2CC[C@H](C)CC2)cc1. The maximum atomic E-state index is 12.0. The van der Waals surface area contributed by atoms with Crippen LogP contribution in [0.25, 0.3) is 0 Å². The fraction of sp³-hybridized carbons (Fsp3) is 0.533. The largest absolute Gasteiger partial charge is 0.586 e. The van der Waals surface area contributed by atoms with Gasteiger partial charge in [-0.1, -0.05) is 41.9 Å². The van der Waals surface area contributed by atoms with Gasteiger partial charge >= 0.3 is 0 Å². The minimum atomic E-state index is -1.23. The summed E-state index contributed by atoms with van der Waals surface area (Å²) >= 11 is -1.23. The predicted octanol–water partition coefficient (Wildman–Crippen LogP) is 3.91. The summed E-state index contributed by atoms with van der Waals surface area (Å²) in [7, 11) is 0. The molecule has 1 aromatic carbocycles. The van der Waals surface area contributed by atoms with E-state index in [0.29, 0.717) is 5.92 Å². The third-order valence-corrected chi connectivity index (χ3v) is 4.64. The quantitative estimate of drug-likeness (QED) is 0.601. The van der Waals surface area contributed by atoms with E-state index in [1.807, 2.05) is 37.4 Å². The van der Waals surface area contributed by atoms with Gasteiger partial charge in [-0.25, -0.2) is 0 Å². The summed E-state index contributed by atoms with van der Waals surface area (Å²) in [4.78, 5) is 0.793. The van der Waals surface area contributed by atoms with Crippen molar-refractivity contribution in [3.63, 3.8) is 0 Å². The van der Waals surface area contributed by atoms with Crippen LogP contribution in [0.1, 0.15) is 38.2 Å². The zero-order valence-electron chi connectivity index (χ0n) is 11.1. The van der Waals surface area contributed by atoms with Crippen molar-refractivity contribution in [1.82, 2.24) is 0 Å². The molecule has 0 radical (unpaired) electrons. The van der Waals surface area contributed by atoms with Crippen LogP contribution >= 0.6 is 0 Å². The second kappa shape index (κ2) is 6.39. The van der Waals surface area contributed by atoms with E-state index in [1.165, 1.54) is 31.2 Å². The fourth-order valence-electron chi connectivity index (χ4n) is 2.29. The number of hydrogen-bond donors (Lipinski definition) is 0. The Bertz CT molecular complexity index is 393. The van der Waals surface area contributed by atoms with E-state index in [4.69, 9.17) is 0 Å². The van der Waals surface area contributed by atoms with Gasteiger partial charge in [-0.05, 0) is 43.7 Å². The molecule has 0 aliphatic heterocycles. The smallest absolute Gasteiger partial charge is 0.182 e. The minimum absolute atomic E-state index is 0.524. The van der Waals surface area contributed by atoms with Crippen LogP contribution in [-0.4, -0.2) is 10.8 Å². The normalized spacial score (nSPS) is 26.4. The second-order valence-electron chi connectivity index (χ2n) is 5.34. The molecule has 18 heavy (non-hydrogen) atoms. The lowest BCUT2D eigenvalue weighted by Crippen LogP contribution is -2.14. The Morgan fingerprint density at radius 3 is 2.39 bits per heavy atom. The Kier molecular flexibility index (Phi) is 4.84. The molecule has 0 spiro atoms. The highest BCUT2D eigenvalue weighted by molar-refractivity contribution is 7.90. The van der Waals surface area contributed by atoms with E-state index < -0.39 is 11.4 Å². The van der Waals surface area contributed by atoms with Crippen molar-refractivity contribution in [3.05, 3.63) is 29.8 Å². The van der Waals surface area contributed by atoms with Gasteiger partial charge in [-0.2, -0.15) is 0 Å². The van der Waals surface area contributed by atoms with Crippen molar-refractivity contribution < 1.29 is 4.55 Å². The van der Waals surface area contributed by atoms with Gasteiger partial charge in [0.15, 0.2) is 4.90 Å². The van der Waals surface area contributed by atoms with Crippen LogP contribution in [-0.2, 0) is 11.4 Å². The molecule has 1 saturated carbocycles. The van der Waals surface area contributed by atoms with E-state index in [0.717, 1.165) is 10.8 Å². The molecule has 1 atom stereocenters. The lowest BCUT2D eigenvalue weighted by Gasteiger charge is -2.22. The lowest BCUT2D eigenvalue weighted by atomic mass is 9.84. The first-order valence-corrected chi connectivity index (χ1v) is 7.78. The fourth-order valence-corrected chi connectivity index (χ4v) is 3.07. The Labute approximate surface area is 113 Å². The number of hydrogen-bond acceptors (Lipinski definition) is 2. The van der Waals surface area contributed by atoms with Crippen molar-refractivity contribution in [1.29, 1.82) is 0 Å². The topological polar surface area (TPSA) is 35.4 Å². The maximum absolute atomic E-state index is 12.0. The van der Waals surface area contributed by atoms with Crippen LogP contribution in [0.4, 0.5) is 0 Å². The molecule has 1 aliphatic rings. The maximum Gasteiger partial charge on any atom is 0.182 e. The van der Waals surface area contributed by atoms with Crippen molar-refractivity contribution in [2.75, 3.05) is 0 Å². The summed E-state index contributed by atoms with van der Waals surface area (Å²) in [5.74, 6) is 1.37. The van der Waals surface area contributed by atoms with Crippen LogP contribution in [0.2, 0.25) is 0 Å². The standard InChI is InChI=1S/C15H21NOS/c1-12-3-7-14(8-4-12)11-16-18(17)15-9-5-13(2)6-10-15/h5-6,9-12,14H,3-4,7-8H2,1-2H3/t12-,14-,18?.